The summed E-state index contributed by atoms with van der Waals surface area (Å²) in [5.41, 5.74) is 1.80. The predicted molar refractivity (Wildman–Crippen MR) is 68.1 cm³/mol. The average Bonchev–Trinajstić information content (AvgIpc) is 2.27. The molecular weight excluding hydrogens is 218 g/mol. The molecule has 1 amide bonds. The first-order chi connectivity index (χ1) is 8.02. The molecule has 0 bridgehead atoms. The predicted octanol–water partition coefficient (Wildman–Crippen LogP) is 1.93. The number of hydrogen-bond acceptors (Lipinski definition) is 3. The van der Waals surface area contributed by atoms with Crippen LogP contribution in [0.1, 0.15) is 5.56 Å². The van der Waals surface area contributed by atoms with Crippen molar-refractivity contribution in [1.29, 1.82) is 0 Å². The van der Waals surface area contributed by atoms with Gasteiger partial charge >= 0.3 is 6.09 Å². The molecular formula is C12H17N3O2. The Morgan fingerprint density at radius 3 is 2.71 bits per heavy atom. The lowest BCUT2D eigenvalue weighted by Crippen LogP contribution is -2.21. The van der Waals surface area contributed by atoms with Crippen molar-refractivity contribution in [3.8, 4) is 5.75 Å². The van der Waals surface area contributed by atoms with E-state index in [0.717, 1.165) is 11.3 Å². The van der Waals surface area contributed by atoms with Crippen LogP contribution in [0.4, 0.5) is 10.5 Å². The number of hydrogen-bond donors (Lipinski definition) is 1. The fraction of sp³-hybridized carbons (Fsp3) is 0.333. The van der Waals surface area contributed by atoms with E-state index in [4.69, 9.17) is 4.74 Å². The lowest BCUT2D eigenvalue weighted by molar-refractivity contribution is 0.203. The van der Waals surface area contributed by atoms with Crippen molar-refractivity contribution < 1.29 is 9.53 Å². The molecule has 5 heteroatoms. The second-order valence-electron chi connectivity index (χ2n) is 3.80. The van der Waals surface area contributed by atoms with Gasteiger partial charge in [-0.2, -0.15) is 0 Å². The molecule has 0 unspecified atom stereocenters. The van der Waals surface area contributed by atoms with Gasteiger partial charge in [-0.1, -0.05) is 0 Å². The first-order valence-electron chi connectivity index (χ1n) is 5.23. The van der Waals surface area contributed by atoms with Crippen LogP contribution in [0.3, 0.4) is 0 Å². The van der Waals surface area contributed by atoms with Crippen LogP contribution in [-0.2, 0) is 0 Å². The summed E-state index contributed by atoms with van der Waals surface area (Å²) in [5, 5.41) is 2.39. The standard InChI is InChI=1S/C12H17N3O2/c1-9-7-10(17-12(16)13-2)5-6-11(9)14-8-15(3)4/h5-8H,1-4H3,(H,13,16)/b14-8+. The van der Waals surface area contributed by atoms with E-state index < -0.39 is 6.09 Å². The fourth-order valence-corrected chi connectivity index (χ4v) is 1.17. The largest absolute Gasteiger partial charge is 0.412 e. The second kappa shape index (κ2) is 5.89. The summed E-state index contributed by atoms with van der Waals surface area (Å²) in [6, 6.07) is 5.30. The molecule has 0 aliphatic rings. The quantitative estimate of drug-likeness (QED) is 0.643. The van der Waals surface area contributed by atoms with Gasteiger partial charge < -0.3 is 15.0 Å². The van der Waals surface area contributed by atoms with E-state index in [1.54, 1.807) is 18.5 Å². The number of amides is 1. The molecule has 1 rings (SSSR count). The van der Waals surface area contributed by atoms with Crippen molar-refractivity contribution in [2.45, 2.75) is 6.92 Å². The van der Waals surface area contributed by atoms with Gasteiger partial charge in [0.25, 0.3) is 0 Å². The summed E-state index contributed by atoms with van der Waals surface area (Å²) >= 11 is 0. The smallest absolute Gasteiger partial charge is 0.410 e. The molecule has 92 valence electrons. The van der Waals surface area contributed by atoms with Gasteiger partial charge in [-0.05, 0) is 30.7 Å². The number of nitrogens with zero attached hydrogens (tertiary/aromatic N) is 2. The summed E-state index contributed by atoms with van der Waals surface area (Å²) < 4.78 is 5.01. The van der Waals surface area contributed by atoms with Gasteiger partial charge in [0, 0.05) is 21.1 Å². The third kappa shape index (κ3) is 4.14. The van der Waals surface area contributed by atoms with Gasteiger partial charge in [0.05, 0.1) is 12.0 Å². The Hall–Kier alpha value is -2.04. The maximum atomic E-state index is 11.0. The Kier molecular flexibility index (Phi) is 4.51. The monoisotopic (exact) mass is 235 g/mol. The Balaban J connectivity index is 2.82. The van der Waals surface area contributed by atoms with Crippen LogP contribution >= 0.6 is 0 Å². The molecule has 0 aliphatic carbocycles. The fourth-order valence-electron chi connectivity index (χ4n) is 1.17. The van der Waals surface area contributed by atoms with Crippen LogP contribution < -0.4 is 10.1 Å². The normalized spacial score (nSPS) is 10.4. The van der Waals surface area contributed by atoms with E-state index in [9.17, 15) is 4.79 Å². The van der Waals surface area contributed by atoms with Crippen molar-refractivity contribution >= 4 is 18.1 Å². The lowest BCUT2D eigenvalue weighted by atomic mass is 10.2. The number of aliphatic imine (C=N–C) groups is 1. The van der Waals surface area contributed by atoms with Gasteiger partial charge in [0.15, 0.2) is 0 Å². The Labute approximate surface area is 101 Å². The molecule has 0 aromatic heterocycles. The number of rotatable bonds is 3. The minimum atomic E-state index is -0.478. The van der Waals surface area contributed by atoms with E-state index >= 15 is 0 Å². The Morgan fingerprint density at radius 2 is 2.18 bits per heavy atom. The van der Waals surface area contributed by atoms with Crippen molar-refractivity contribution in [2.75, 3.05) is 21.1 Å². The van der Waals surface area contributed by atoms with Crippen LogP contribution in [0.2, 0.25) is 0 Å². The highest BCUT2D eigenvalue weighted by Crippen LogP contribution is 2.23. The number of ether oxygens (including phenoxy) is 1. The van der Waals surface area contributed by atoms with Crippen LogP contribution in [0.5, 0.6) is 5.75 Å². The minimum Gasteiger partial charge on any atom is -0.410 e. The van der Waals surface area contributed by atoms with Crippen LogP contribution in [0.25, 0.3) is 0 Å². The number of aryl methyl sites for hydroxylation is 1. The first-order valence-corrected chi connectivity index (χ1v) is 5.23. The first kappa shape index (κ1) is 13.0. The van der Waals surface area contributed by atoms with Gasteiger partial charge in [-0.15, -0.1) is 0 Å². The van der Waals surface area contributed by atoms with E-state index in [1.807, 2.05) is 32.0 Å². The highest BCUT2D eigenvalue weighted by Gasteiger charge is 2.03. The molecule has 0 radical (unpaired) electrons. The topological polar surface area (TPSA) is 53.9 Å². The molecule has 0 saturated heterocycles. The SMILES string of the molecule is CNC(=O)Oc1ccc(/N=C/N(C)C)c(C)c1. The summed E-state index contributed by atoms with van der Waals surface area (Å²) in [7, 11) is 5.33. The average molecular weight is 235 g/mol. The third-order valence-electron chi connectivity index (χ3n) is 2.01. The highest BCUT2D eigenvalue weighted by atomic mass is 16.5. The van der Waals surface area contributed by atoms with E-state index in [0.29, 0.717) is 5.75 Å². The number of benzene rings is 1. The highest BCUT2D eigenvalue weighted by molar-refractivity contribution is 5.70. The van der Waals surface area contributed by atoms with Gasteiger partial charge in [-0.25, -0.2) is 9.79 Å². The van der Waals surface area contributed by atoms with Crippen molar-refractivity contribution in [3.05, 3.63) is 23.8 Å². The molecule has 17 heavy (non-hydrogen) atoms. The molecule has 0 heterocycles. The third-order valence-corrected chi connectivity index (χ3v) is 2.01. The molecule has 0 atom stereocenters. The molecule has 0 aliphatic heterocycles. The van der Waals surface area contributed by atoms with Crippen molar-refractivity contribution in [3.63, 3.8) is 0 Å². The van der Waals surface area contributed by atoms with Crippen LogP contribution in [0, 0.1) is 6.92 Å². The van der Waals surface area contributed by atoms with Crippen LogP contribution in [0.15, 0.2) is 23.2 Å². The van der Waals surface area contributed by atoms with Crippen molar-refractivity contribution in [1.82, 2.24) is 10.2 Å². The summed E-state index contributed by atoms with van der Waals surface area (Å²) in [6.07, 6.45) is 1.25. The molecule has 0 saturated carbocycles. The molecule has 1 aromatic rings. The Bertz CT molecular complexity index is 428. The molecule has 0 fully saturated rings. The number of carbonyl (C=O) groups excluding carboxylic acids is 1. The maximum Gasteiger partial charge on any atom is 0.412 e. The van der Waals surface area contributed by atoms with Gasteiger partial charge in [0.2, 0.25) is 0 Å². The molecule has 1 N–H and O–H groups in total. The zero-order valence-electron chi connectivity index (χ0n) is 10.5. The van der Waals surface area contributed by atoms with Gasteiger partial charge in [0.1, 0.15) is 5.75 Å². The lowest BCUT2D eigenvalue weighted by Gasteiger charge is -2.07. The molecule has 1 aromatic carbocycles. The molecule has 5 nitrogen and oxygen atoms in total. The van der Waals surface area contributed by atoms with Crippen LogP contribution in [-0.4, -0.2) is 38.5 Å². The minimum absolute atomic E-state index is 0.478. The number of nitrogens with one attached hydrogen (secondary N) is 1. The summed E-state index contributed by atoms with van der Waals surface area (Å²) in [5.74, 6) is 0.505. The van der Waals surface area contributed by atoms with Gasteiger partial charge in [-0.3, -0.25) is 0 Å². The molecule has 0 spiro atoms. The summed E-state index contributed by atoms with van der Waals surface area (Å²) in [6.45, 7) is 1.92. The van der Waals surface area contributed by atoms with Crippen molar-refractivity contribution in [2.24, 2.45) is 4.99 Å². The van der Waals surface area contributed by atoms with E-state index in [1.165, 1.54) is 7.05 Å². The van der Waals surface area contributed by atoms with E-state index in [-0.39, 0.29) is 0 Å². The number of carbonyl (C=O) groups is 1. The van der Waals surface area contributed by atoms with E-state index in [2.05, 4.69) is 10.3 Å². The second-order valence-corrected chi connectivity index (χ2v) is 3.80. The zero-order valence-corrected chi connectivity index (χ0v) is 10.5. The summed E-state index contributed by atoms with van der Waals surface area (Å²) in [4.78, 5) is 17.2. The Morgan fingerprint density at radius 1 is 1.47 bits per heavy atom. The zero-order chi connectivity index (χ0) is 12.8. The maximum absolute atomic E-state index is 11.0.